The van der Waals surface area contributed by atoms with Crippen LogP contribution in [-0.2, 0) is 10.8 Å². The minimum atomic E-state index is -0.155. The van der Waals surface area contributed by atoms with Gasteiger partial charge < -0.3 is 15.8 Å². The molecule has 4 nitrogen and oxygen atoms in total. The van der Waals surface area contributed by atoms with Crippen molar-refractivity contribution in [2.75, 3.05) is 0 Å². The van der Waals surface area contributed by atoms with Crippen LogP contribution in [0.4, 0.5) is 0 Å². The van der Waals surface area contributed by atoms with E-state index in [0.29, 0.717) is 11.7 Å². The molecule has 4 N–H and O–H groups in total. The van der Waals surface area contributed by atoms with E-state index in [2.05, 4.69) is 58.7 Å². The van der Waals surface area contributed by atoms with Crippen LogP contribution in [0.15, 0.2) is 18.3 Å². The highest BCUT2D eigenvalue weighted by Gasteiger charge is 2.28. The maximum Gasteiger partial charge on any atom is 0.124 e. The van der Waals surface area contributed by atoms with Crippen LogP contribution < -0.4 is 5.73 Å². The summed E-state index contributed by atoms with van der Waals surface area (Å²) in [5.41, 5.74) is 10.1. The van der Waals surface area contributed by atoms with E-state index in [9.17, 15) is 5.11 Å². The smallest absolute Gasteiger partial charge is 0.124 e. The summed E-state index contributed by atoms with van der Waals surface area (Å²) in [5.74, 6) is 1.80. The minimum absolute atomic E-state index is 0.0321. The molecule has 1 heterocycles. The van der Waals surface area contributed by atoms with Crippen LogP contribution >= 0.6 is 0 Å². The Labute approximate surface area is 170 Å². The van der Waals surface area contributed by atoms with E-state index in [4.69, 9.17) is 10.7 Å². The number of nitrogens with two attached hydrogens (primary N) is 1. The van der Waals surface area contributed by atoms with E-state index in [-0.39, 0.29) is 16.9 Å². The highest BCUT2D eigenvalue weighted by atomic mass is 16.3. The molecular formula is C24H37N3O. The summed E-state index contributed by atoms with van der Waals surface area (Å²) in [6.45, 7) is 12.8. The fourth-order valence-electron chi connectivity index (χ4n) is 4.30. The van der Waals surface area contributed by atoms with Gasteiger partial charge in [-0.05, 0) is 41.7 Å². The van der Waals surface area contributed by atoms with Crippen molar-refractivity contribution in [1.29, 1.82) is 0 Å². The Morgan fingerprint density at radius 1 is 1.00 bits per heavy atom. The zero-order valence-electron chi connectivity index (χ0n) is 18.4. The van der Waals surface area contributed by atoms with E-state index >= 15 is 0 Å². The number of imidazole rings is 1. The van der Waals surface area contributed by atoms with Crippen LogP contribution in [-0.4, -0.2) is 15.1 Å². The van der Waals surface area contributed by atoms with Crippen LogP contribution in [0.25, 0.3) is 11.3 Å². The van der Waals surface area contributed by atoms with Gasteiger partial charge in [-0.25, -0.2) is 4.98 Å². The summed E-state index contributed by atoms with van der Waals surface area (Å²) in [4.78, 5) is 8.20. The molecule has 1 aliphatic carbocycles. The molecule has 3 rings (SSSR count). The van der Waals surface area contributed by atoms with E-state index < -0.39 is 0 Å². The summed E-state index contributed by atoms with van der Waals surface area (Å²) in [6, 6.07) is 4.13. The first-order valence-electron chi connectivity index (χ1n) is 10.7. The number of H-pyrrole nitrogens is 1. The number of aromatic amines is 1. The SMILES string of the molecule is CC(C)(C)c1cc(-c2c[nH]c(C(N)C3CCCCC3)n2)cc(C(C)(C)C)c1O. The Bertz CT molecular complexity index is 782. The van der Waals surface area contributed by atoms with E-state index in [1.165, 1.54) is 32.1 Å². The van der Waals surface area contributed by atoms with Crippen LogP contribution in [0.2, 0.25) is 0 Å². The van der Waals surface area contributed by atoms with Gasteiger partial charge >= 0.3 is 0 Å². The first-order valence-corrected chi connectivity index (χ1v) is 10.7. The Balaban J connectivity index is 2.01. The third-order valence-electron chi connectivity index (χ3n) is 6.09. The third-order valence-corrected chi connectivity index (χ3v) is 6.09. The summed E-state index contributed by atoms with van der Waals surface area (Å²) in [5, 5.41) is 10.9. The molecule has 1 fully saturated rings. The Kier molecular flexibility index (Phi) is 5.64. The second-order valence-electron chi connectivity index (χ2n) is 10.5. The van der Waals surface area contributed by atoms with Gasteiger partial charge in [-0.3, -0.25) is 0 Å². The van der Waals surface area contributed by atoms with Gasteiger partial charge in [0.2, 0.25) is 0 Å². The fraction of sp³-hybridized carbons (Fsp3) is 0.625. The van der Waals surface area contributed by atoms with Gasteiger partial charge in [-0.2, -0.15) is 0 Å². The molecule has 1 aromatic carbocycles. The summed E-state index contributed by atoms with van der Waals surface area (Å²) >= 11 is 0. The summed E-state index contributed by atoms with van der Waals surface area (Å²) in [6.07, 6.45) is 8.22. The molecule has 1 atom stereocenters. The molecule has 1 saturated carbocycles. The standard InChI is InChI=1S/C24H37N3O/c1-23(2,3)17-12-16(13-18(21(17)28)24(4,5)6)19-14-26-22(27-19)20(25)15-10-8-7-9-11-15/h12-15,20,28H,7-11,25H2,1-6H3,(H,26,27). The van der Waals surface area contributed by atoms with Crippen molar-refractivity contribution in [3.8, 4) is 17.0 Å². The molecule has 0 amide bonds. The Morgan fingerprint density at radius 3 is 2.04 bits per heavy atom. The predicted octanol–water partition coefficient (Wildman–Crippen LogP) is 5.96. The number of benzene rings is 1. The lowest BCUT2D eigenvalue weighted by atomic mass is 9.78. The zero-order valence-corrected chi connectivity index (χ0v) is 18.4. The van der Waals surface area contributed by atoms with Gasteiger partial charge in [-0.1, -0.05) is 60.8 Å². The highest BCUT2D eigenvalue weighted by Crippen LogP contribution is 2.42. The van der Waals surface area contributed by atoms with Crippen molar-refractivity contribution in [3.63, 3.8) is 0 Å². The van der Waals surface area contributed by atoms with Gasteiger partial charge in [0.1, 0.15) is 11.6 Å². The molecule has 4 heteroatoms. The number of nitrogens with zero attached hydrogens (tertiary/aromatic N) is 1. The van der Waals surface area contributed by atoms with Crippen molar-refractivity contribution >= 4 is 0 Å². The largest absolute Gasteiger partial charge is 0.507 e. The quantitative estimate of drug-likeness (QED) is 0.612. The van der Waals surface area contributed by atoms with Crippen LogP contribution in [0.1, 0.15) is 96.6 Å². The molecule has 0 aliphatic heterocycles. The average Bonchev–Trinajstić information content (AvgIpc) is 3.10. The molecule has 28 heavy (non-hydrogen) atoms. The van der Waals surface area contributed by atoms with Crippen LogP contribution in [0.3, 0.4) is 0 Å². The lowest BCUT2D eigenvalue weighted by Gasteiger charge is -2.28. The van der Waals surface area contributed by atoms with E-state index in [1.807, 2.05) is 6.20 Å². The van der Waals surface area contributed by atoms with Crippen molar-refractivity contribution in [2.45, 2.75) is 90.5 Å². The van der Waals surface area contributed by atoms with E-state index in [0.717, 1.165) is 28.2 Å². The second kappa shape index (κ2) is 7.55. The number of phenolic OH excluding ortho intramolecular Hbond substituents is 1. The maximum absolute atomic E-state index is 10.9. The highest BCUT2D eigenvalue weighted by molar-refractivity contribution is 5.66. The maximum atomic E-state index is 10.9. The summed E-state index contributed by atoms with van der Waals surface area (Å²) in [7, 11) is 0. The molecule has 0 spiro atoms. The van der Waals surface area contributed by atoms with Crippen molar-refractivity contribution < 1.29 is 5.11 Å². The molecule has 0 saturated heterocycles. The topological polar surface area (TPSA) is 74.9 Å². The van der Waals surface area contributed by atoms with Crippen LogP contribution in [0.5, 0.6) is 5.75 Å². The predicted molar refractivity (Wildman–Crippen MR) is 117 cm³/mol. The minimum Gasteiger partial charge on any atom is -0.507 e. The Morgan fingerprint density at radius 2 is 1.54 bits per heavy atom. The second-order valence-corrected chi connectivity index (χ2v) is 10.5. The first-order chi connectivity index (χ1) is 13.0. The lowest BCUT2D eigenvalue weighted by molar-refractivity contribution is 0.302. The van der Waals surface area contributed by atoms with Gasteiger partial charge in [0.25, 0.3) is 0 Å². The molecular weight excluding hydrogens is 346 g/mol. The van der Waals surface area contributed by atoms with Gasteiger partial charge in [0.05, 0.1) is 11.7 Å². The van der Waals surface area contributed by atoms with Crippen LogP contribution in [0, 0.1) is 5.92 Å². The fourth-order valence-corrected chi connectivity index (χ4v) is 4.30. The summed E-state index contributed by atoms with van der Waals surface area (Å²) < 4.78 is 0. The molecule has 1 aromatic heterocycles. The van der Waals surface area contributed by atoms with Gasteiger partial charge in [0.15, 0.2) is 0 Å². The van der Waals surface area contributed by atoms with Crippen molar-refractivity contribution in [3.05, 3.63) is 35.3 Å². The van der Waals surface area contributed by atoms with Crippen molar-refractivity contribution in [2.24, 2.45) is 11.7 Å². The molecule has 1 unspecified atom stereocenters. The molecule has 1 aliphatic rings. The first kappa shape index (κ1) is 20.9. The number of phenols is 1. The zero-order chi connectivity index (χ0) is 20.7. The molecule has 154 valence electrons. The number of hydrogen-bond donors (Lipinski definition) is 3. The molecule has 0 radical (unpaired) electrons. The molecule has 0 bridgehead atoms. The monoisotopic (exact) mass is 383 g/mol. The normalized spacial score (nSPS) is 17.7. The number of aromatic nitrogens is 2. The third kappa shape index (κ3) is 4.27. The number of nitrogens with one attached hydrogen (secondary N) is 1. The Hall–Kier alpha value is -1.81. The lowest BCUT2D eigenvalue weighted by Crippen LogP contribution is -2.24. The number of hydrogen-bond acceptors (Lipinski definition) is 3. The number of rotatable bonds is 3. The van der Waals surface area contributed by atoms with E-state index in [1.54, 1.807) is 0 Å². The van der Waals surface area contributed by atoms with Gasteiger partial charge in [0, 0.05) is 22.9 Å². The number of aromatic hydroxyl groups is 1. The average molecular weight is 384 g/mol. The molecule has 2 aromatic rings. The van der Waals surface area contributed by atoms with Crippen molar-refractivity contribution in [1.82, 2.24) is 9.97 Å². The van der Waals surface area contributed by atoms with Gasteiger partial charge in [-0.15, -0.1) is 0 Å².